The minimum absolute atomic E-state index is 0. The zero-order valence-corrected chi connectivity index (χ0v) is 23.2. The van der Waals surface area contributed by atoms with Gasteiger partial charge in [-0.15, -0.1) is 0 Å². The van der Waals surface area contributed by atoms with Crippen molar-refractivity contribution in [2.24, 2.45) is 0 Å². The van der Waals surface area contributed by atoms with Gasteiger partial charge in [0, 0.05) is 0 Å². The molecule has 0 spiro atoms. The Labute approximate surface area is 176 Å². The zero-order valence-electron chi connectivity index (χ0n) is 16.7. The second-order valence-electron chi connectivity index (χ2n) is 9.31. The van der Waals surface area contributed by atoms with Crippen LogP contribution in [0.15, 0.2) is 0 Å². The summed E-state index contributed by atoms with van der Waals surface area (Å²) in [5.41, 5.74) is 0. The third kappa shape index (κ3) is 7.25. The van der Waals surface area contributed by atoms with Crippen LogP contribution in [0, 0.1) is 0 Å². The molecular formula is C21H45ClN2Sn2. The van der Waals surface area contributed by atoms with E-state index < -0.39 is 35.6 Å². The molecule has 154 valence electrons. The SMILES string of the molecule is C.C[CH2][Sn]12[CH2]CCN(CC[CH2]1)CC[CH2]2.[Cl][Sn]12[CH2]CCN(CC[CH2]1)CC[CH2]2. The molecule has 6 rings (SSSR count). The van der Waals surface area contributed by atoms with Crippen LogP contribution in [0.25, 0.3) is 0 Å². The molecule has 0 aliphatic carbocycles. The Bertz CT molecular complexity index is 354. The topological polar surface area (TPSA) is 6.48 Å². The second kappa shape index (κ2) is 11.9. The average molecular weight is 598 g/mol. The fourth-order valence-electron chi connectivity index (χ4n) is 5.84. The van der Waals surface area contributed by atoms with Crippen molar-refractivity contribution in [1.82, 2.24) is 9.80 Å². The predicted molar refractivity (Wildman–Crippen MR) is 124 cm³/mol. The summed E-state index contributed by atoms with van der Waals surface area (Å²) in [4.78, 5) is 5.35. The molecule has 0 radical (unpaired) electrons. The van der Waals surface area contributed by atoms with Crippen LogP contribution in [0.3, 0.4) is 0 Å². The molecule has 6 fully saturated rings. The molecule has 26 heavy (non-hydrogen) atoms. The first kappa shape index (κ1) is 24.1. The molecule has 6 heterocycles. The van der Waals surface area contributed by atoms with Crippen molar-refractivity contribution in [1.29, 1.82) is 0 Å². The van der Waals surface area contributed by atoms with Crippen molar-refractivity contribution in [3.8, 4) is 0 Å². The number of fused-ring (bicyclic) bond motifs is 12. The van der Waals surface area contributed by atoms with Gasteiger partial charge >= 0.3 is 170 Å². The van der Waals surface area contributed by atoms with Gasteiger partial charge in [0.05, 0.1) is 0 Å². The molecule has 6 aliphatic rings. The summed E-state index contributed by atoms with van der Waals surface area (Å²) >= 11 is -3.45. The van der Waals surface area contributed by atoms with Gasteiger partial charge in [-0.1, -0.05) is 7.43 Å². The van der Waals surface area contributed by atoms with E-state index in [1.807, 2.05) is 0 Å². The van der Waals surface area contributed by atoms with Crippen LogP contribution < -0.4 is 0 Å². The van der Waals surface area contributed by atoms with Gasteiger partial charge in [-0.2, -0.15) is 0 Å². The van der Waals surface area contributed by atoms with Crippen molar-refractivity contribution in [2.45, 2.75) is 83.9 Å². The van der Waals surface area contributed by atoms with Gasteiger partial charge in [-0.25, -0.2) is 0 Å². The second-order valence-corrected chi connectivity index (χ2v) is 40.4. The van der Waals surface area contributed by atoms with Gasteiger partial charge in [0.1, 0.15) is 0 Å². The fraction of sp³-hybridized carbons (Fsp3) is 1.00. The Morgan fingerprint density at radius 3 is 1.23 bits per heavy atom. The summed E-state index contributed by atoms with van der Waals surface area (Å²) in [6, 6.07) is 0. The van der Waals surface area contributed by atoms with Crippen molar-refractivity contribution in [3.63, 3.8) is 0 Å². The average Bonchev–Trinajstić information content (AvgIpc) is 2.49. The Morgan fingerprint density at radius 1 is 0.615 bits per heavy atom. The number of hydrogen-bond donors (Lipinski definition) is 0. The standard InChI is InChI=1S/2C9H18N.C2H5.CH4.ClH.2Sn/c2*1-4-7-10(8-5-2)9-6-3;1-2;;;;/h2*1-9H2;1H2,2H3;1H4;1H;;/q;;;;;;+1/p-1. The third-order valence-corrected chi connectivity index (χ3v) is 38.5. The zero-order chi connectivity index (χ0) is 17.6. The maximum absolute atomic E-state index is 6.77. The fourth-order valence-corrected chi connectivity index (χ4v) is 30.4. The van der Waals surface area contributed by atoms with E-state index in [2.05, 4.69) is 16.7 Å². The molecule has 0 unspecified atom stereocenters. The number of nitrogens with zero attached hydrogens (tertiary/aromatic N) is 2. The first-order chi connectivity index (χ1) is 12.1. The first-order valence-electron chi connectivity index (χ1n) is 11.3. The number of rotatable bonds is 1. The Balaban J connectivity index is 0.000000180. The molecule has 0 aromatic rings. The van der Waals surface area contributed by atoms with E-state index in [0.29, 0.717) is 0 Å². The van der Waals surface area contributed by atoms with Gasteiger partial charge in [-0.05, 0) is 0 Å². The molecule has 4 bridgehead atoms. The molecule has 0 atom stereocenters. The van der Waals surface area contributed by atoms with Gasteiger partial charge in [0.2, 0.25) is 0 Å². The van der Waals surface area contributed by atoms with Crippen molar-refractivity contribution in [3.05, 3.63) is 0 Å². The molecule has 0 saturated carbocycles. The van der Waals surface area contributed by atoms with E-state index in [1.54, 1.807) is 37.0 Å². The van der Waals surface area contributed by atoms with Crippen molar-refractivity contribution < 1.29 is 0 Å². The van der Waals surface area contributed by atoms with E-state index in [1.165, 1.54) is 71.8 Å². The van der Waals surface area contributed by atoms with Crippen LogP contribution in [0.1, 0.15) is 52.9 Å². The molecule has 2 nitrogen and oxygen atoms in total. The predicted octanol–water partition coefficient (Wildman–Crippen LogP) is 6.26. The van der Waals surface area contributed by atoms with E-state index >= 15 is 0 Å². The summed E-state index contributed by atoms with van der Waals surface area (Å²) in [5, 5.41) is 0. The minimum atomic E-state index is -1.96. The molecule has 0 aromatic heterocycles. The van der Waals surface area contributed by atoms with Crippen LogP contribution in [0.4, 0.5) is 0 Å². The molecule has 0 aromatic carbocycles. The molecular weight excluding hydrogens is 553 g/mol. The van der Waals surface area contributed by atoms with Crippen LogP contribution >= 0.6 is 8.92 Å². The summed E-state index contributed by atoms with van der Waals surface area (Å²) in [7, 11) is 6.77. The Kier molecular flexibility index (Phi) is 11.0. The van der Waals surface area contributed by atoms with Crippen LogP contribution in [0.2, 0.25) is 31.1 Å². The van der Waals surface area contributed by atoms with Crippen LogP contribution in [-0.2, 0) is 0 Å². The summed E-state index contributed by atoms with van der Waals surface area (Å²) in [5.74, 6) is 0. The van der Waals surface area contributed by atoms with Gasteiger partial charge in [0.25, 0.3) is 0 Å². The molecule has 6 saturated heterocycles. The molecule has 6 aliphatic heterocycles. The van der Waals surface area contributed by atoms with E-state index in [9.17, 15) is 0 Å². The third-order valence-electron chi connectivity index (χ3n) is 7.59. The van der Waals surface area contributed by atoms with E-state index in [0.717, 1.165) is 0 Å². The number of halogens is 1. The molecule has 0 N–H and O–H groups in total. The molecule has 5 heteroatoms. The van der Waals surface area contributed by atoms with Crippen LogP contribution in [0.5, 0.6) is 0 Å². The van der Waals surface area contributed by atoms with E-state index in [4.69, 9.17) is 8.92 Å². The summed E-state index contributed by atoms with van der Waals surface area (Å²) in [6.45, 7) is 10.8. The van der Waals surface area contributed by atoms with Gasteiger partial charge in [-0.3, -0.25) is 0 Å². The molecule has 0 amide bonds. The summed E-state index contributed by atoms with van der Waals surface area (Å²) in [6.07, 6.45) is 8.84. The quantitative estimate of drug-likeness (QED) is 0.329. The maximum atomic E-state index is 6.77. The monoisotopic (exact) mass is 600 g/mol. The first-order valence-corrected chi connectivity index (χ1v) is 29.0. The number of hydrogen-bond acceptors (Lipinski definition) is 2. The summed E-state index contributed by atoms with van der Waals surface area (Å²) < 4.78 is 11.1. The van der Waals surface area contributed by atoms with Crippen LogP contribution in [-0.4, -0.2) is 84.7 Å². The van der Waals surface area contributed by atoms with Gasteiger partial charge in [0.15, 0.2) is 0 Å². The Hall–Kier alpha value is 1.81. The van der Waals surface area contributed by atoms with Crippen molar-refractivity contribution >= 4 is 44.5 Å². The van der Waals surface area contributed by atoms with E-state index in [-0.39, 0.29) is 7.43 Å². The van der Waals surface area contributed by atoms with Gasteiger partial charge < -0.3 is 0 Å². The normalized spacial score (nSPS) is 40.4. The van der Waals surface area contributed by atoms with Crippen molar-refractivity contribution in [2.75, 3.05) is 39.3 Å². The Morgan fingerprint density at radius 2 is 0.923 bits per heavy atom.